The molecule has 0 bridgehead atoms. The van der Waals surface area contributed by atoms with Gasteiger partial charge in [-0.2, -0.15) is 13.2 Å². The zero-order valence-corrected chi connectivity index (χ0v) is 10.5. The third-order valence-corrected chi connectivity index (χ3v) is 3.97. The number of thioether (sulfide) groups is 1. The zero-order chi connectivity index (χ0) is 14.0. The number of hydrogen-bond acceptors (Lipinski definition) is 3. The third-order valence-electron chi connectivity index (χ3n) is 1.88. The van der Waals surface area contributed by atoms with Crippen LogP contribution in [0.25, 0.3) is 0 Å². The second kappa shape index (κ2) is 5.45. The summed E-state index contributed by atoms with van der Waals surface area (Å²) in [6.07, 6.45) is -4.61. The molecule has 0 unspecified atom stereocenters. The van der Waals surface area contributed by atoms with Crippen LogP contribution in [0.1, 0.15) is 5.56 Å². The molecule has 1 aromatic carbocycles. The van der Waals surface area contributed by atoms with Crippen LogP contribution in [0.3, 0.4) is 0 Å². The highest BCUT2D eigenvalue weighted by atomic mass is 32.2. The first-order valence-corrected chi connectivity index (χ1v) is 7.30. The van der Waals surface area contributed by atoms with E-state index >= 15 is 0 Å². The van der Waals surface area contributed by atoms with Crippen molar-refractivity contribution in [3.63, 3.8) is 0 Å². The Labute approximate surface area is 105 Å². The average molecular weight is 303 g/mol. The molecule has 0 aromatic heterocycles. The van der Waals surface area contributed by atoms with Crippen molar-refractivity contribution >= 4 is 21.8 Å². The van der Waals surface area contributed by atoms with Crippen LogP contribution < -0.4 is 5.14 Å². The van der Waals surface area contributed by atoms with Gasteiger partial charge in [-0.15, -0.1) is 11.8 Å². The summed E-state index contributed by atoms with van der Waals surface area (Å²) in [7, 11) is -3.66. The Balaban J connectivity index is 2.75. The van der Waals surface area contributed by atoms with Crippen LogP contribution in [-0.2, 0) is 16.2 Å². The highest BCUT2D eigenvalue weighted by Gasteiger charge is 2.31. The summed E-state index contributed by atoms with van der Waals surface area (Å²) < 4.78 is 71.2. The Bertz CT molecular complexity index is 528. The molecule has 0 fully saturated rings. The molecule has 1 rings (SSSR count). The van der Waals surface area contributed by atoms with Gasteiger partial charge in [-0.1, -0.05) is 0 Å². The molecule has 0 saturated heterocycles. The lowest BCUT2D eigenvalue weighted by molar-refractivity contribution is -0.137. The van der Waals surface area contributed by atoms with Gasteiger partial charge in [-0.05, 0) is 18.2 Å². The Hall–Kier alpha value is -0.800. The van der Waals surface area contributed by atoms with Crippen molar-refractivity contribution in [3.05, 3.63) is 29.6 Å². The normalized spacial score (nSPS) is 12.7. The monoisotopic (exact) mass is 303 g/mol. The minimum absolute atomic E-state index is 0.0267. The summed E-state index contributed by atoms with van der Waals surface area (Å²) >= 11 is 0.792. The van der Waals surface area contributed by atoms with Crippen molar-refractivity contribution < 1.29 is 26.0 Å². The summed E-state index contributed by atoms with van der Waals surface area (Å²) in [4.78, 5) is -0.0494. The topological polar surface area (TPSA) is 60.2 Å². The number of halogens is 4. The largest absolute Gasteiger partial charge is 0.416 e. The summed E-state index contributed by atoms with van der Waals surface area (Å²) in [6, 6.07) is 2.08. The van der Waals surface area contributed by atoms with E-state index in [1.54, 1.807) is 0 Å². The van der Waals surface area contributed by atoms with Crippen molar-refractivity contribution in [2.45, 2.75) is 11.1 Å². The van der Waals surface area contributed by atoms with Crippen LogP contribution in [-0.4, -0.2) is 19.9 Å². The van der Waals surface area contributed by atoms with Gasteiger partial charge in [0.2, 0.25) is 10.0 Å². The minimum atomic E-state index is -4.61. The molecule has 0 heterocycles. The highest BCUT2D eigenvalue weighted by Crippen LogP contribution is 2.32. The van der Waals surface area contributed by atoms with E-state index < -0.39 is 27.6 Å². The zero-order valence-electron chi connectivity index (χ0n) is 8.87. The first kappa shape index (κ1) is 15.3. The lowest BCUT2D eigenvalue weighted by Crippen LogP contribution is -2.17. The van der Waals surface area contributed by atoms with E-state index in [0.717, 1.165) is 23.9 Å². The molecule has 0 amide bonds. The number of nitrogens with two attached hydrogens (primary N) is 1. The fourth-order valence-electron chi connectivity index (χ4n) is 1.06. The van der Waals surface area contributed by atoms with Gasteiger partial charge in [0, 0.05) is 10.6 Å². The molecule has 0 saturated carbocycles. The molecule has 102 valence electrons. The second-order valence-corrected chi connectivity index (χ2v) is 6.23. The number of sulfonamides is 1. The van der Waals surface area contributed by atoms with Gasteiger partial charge in [0.15, 0.2) is 0 Å². The van der Waals surface area contributed by atoms with E-state index in [1.165, 1.54) is 0 Å². The third kappa shape index (κ3) is 4.83. The van der Waals surface area contributed by atoms with E-state index in [1.807, 2.05) is 0 Å². The molecule has 0 aliphatic rings. The van der Waals surface area contributed by atoms with Crippen LogP contribution >= 0.6 is 11.8 Å². The van der Waals surface area contributed by atoms with Crippen LogP contribution in [0.4, 0.5) is 17.6 Å². The maximum absolute atomic E-state index is 13.3. The van der Waals surface area contributed by atoms with E-state index in [-0.39, 0.29) is 16.4 Å². The Morgan fingerprint density at radius 1 is 1.28 bits per heavy atom. The predicted octanol–water partition coefficient (Wildman–Crippen LogP) is 2.23. The van der Waals surface area contributed by atoms with Gasteiger partial charge in [0.05, 0.1) is 11.3 Å². The number of benzene rings is 1. The van der Waals surface area contributed by atoms with Gasteiger partial charge >= 0.3 is 6.18 Å². The quantitative estimate of drug-likeness (QED) is 0.685. The molecular formula is C9H9F4NO2S2. The molecule has 2 N–H and O–H groups in total. The van der Waals surface area contributed by atoms with Gasteiger partial charge < -0.3 is 0 Å². The number of rotatable bonds is 4. The Morgan fingerprint density at radius 2 is 1.89 bits per heavy atom. The van der Waals surface area contributed by atoms with Crippen molar-refractivity contribution in [1.82, 2.24) is 0 Å². The van der Waals surface area contributed by atoms with Crippen LogP contribution in [0.2, 0.25) is 0 Å². The van der Waals surface area contributed by atoms with Crippen molar-refractivity contribution in [2.75, 3.05) is 11.5 Å². The van der Waals surface area contributed by atoms with E-state index in [4.69, 9.17) is 5.14 Å². The predicted molar refractivity (Wildman–Crippen MR) is 60.1 cm³/mol. The first-order chi connectivity index (χ1) is 8.09. The van der Waals surface area contributed by atoms with Gasteiger partial charge in [-0.3, -0.25) is 0 Å². The van der Waals surface area contributed by atoms with Crippen LogP contribution in [0.15, 0.2) is 23.1 Å². The van der Waals surface area contributed by atoms with Crippen LogP contribution in [0.5, 0.6) is 0 Å². The van der Waals surface area contributed by atoms with E-state index in [9.17, 15) is 26.0 Å². The van der Waals surface area contributed by atoms with Gasteiger partial charge in [-0.25, -0.2) is 17.9 Å². The molecule has 0 spiro atoms. The fraction of sp³-hybridized carbons (Fsp3) is 0.333. The van der Waals surface area contributed by atoms with Crippen molar-refractivity contribution in [2.24, 2.45) is 5.14 Å². The Morgan fingerprint density at radius 3 is 2.33 bits per heavy atom. The SMILES string of the molecule is NS(=O)(=O)CCSc1ccc(C(F)(F)F)cc1F. The number of primary sulfonamides is 1. The number of alkyl halides is 3. The standard InChI is InChI=1S/C9H9F4NO2S2/c10-7-5-6(9(11,12)13)1-2-8(7)17-3-4-18(14,15)16/h1-2,5H,3-4H2,(H2,14,15,16). The summed E-state index contributed by atoms with van der Waals surface area (Å²) in [5, 5.41) is 4.74. The average Bonchev–Trinajstić information content (AvgIpc) is 2.17. The molecule has 9 heteroatoms. The maximum Gasteiger partial charge on any atom is 0.416 e. The smallest absolute Gasteiger partial charge is 0.229 e. The van der Waals surface area contributed by atoms with Crippen LogP contribution in [0, 0.1) is 5.82 Å². The molecule has 0 aliphatic carbocycles. The fourth-order valence-corrected chi connectivity index (χ4v) is 2.91. The number of hydrogen-bond donors (Lipinski definition) is 1. The molecule has 0 radical (unpaired) electrons. The molecule has 1 aromatic rings. The summed E-state index contributed by atoms with van der Waals surface area (Å²) in [5.41, 5.74) is -1.09. The molecular weight excluding hydrogens is 294 g/mol. The maximum atomic E-state index is 13.3. The molecule has 0 aliphatic heterocycles. The van der Waals surface area contributed by atoms with Gasteiger partial charge in [0.1, 0.15) is 5.82 Å². The highest BCUT2D eigenvalue weighted by molar-refractivity contribution is 8.00. The molecule has 18 heavy (non-hydrogen) atoms. The molecule has 3 nitrogen and oxygen atoms in total. The summed E-state index contributed by atoms with van der Waals surface area (Å²) in [6.45, 7) is 0. The Kier molecular flexibility index (Phi) is 4.62. The lowest BCUT2D eigenvalue weighted by Gasteiger charge is -2.08. The van der Waals surface area contributed by atoms with Gasteiger partial charge in [0.25, 0.3) is 0 Å². The second-order valence-electron chi connectivity index (χ2n) is 3.36. The minimum Gasteiger partial charge on any atom is -0.229 e. The lowest BCUT2D eigenvalue weighted by atomic mass is 10.2. The van der Waals surface area contributed by atoms with Crippen molar-refractivity contribution in [1.29, 1.82) is 0 Å². The van der Waals surface area contributed by atoms with Crippen molar-refractivity contribution in [3.8, 4) is 0 Å². The first-order valence-electron chi connectivity index (χ1n) is 4.59. The summed E-state index contributed by atoms with van der Waals surface area (Å²) in [5.74, 6) is -1.44. The molecule has 0 atom stereocenters. The van der Waals surface area contributed by atoms with E-state index in [0.29, 0.717) is 6.07 Å². The van der Waals surface area contributed by atoms with E-state index in [2.05, 4.69) is 0 Å².